The molecule has 2 nitrogen and oxygen atoms in total. The Morgan fingerprint density at radius 1 is 1.53 bits per heavy atom. The van der Waals surface area contributed by atoms with Crippen LogP contribution in [0.15, 0.2) is 11.4 Å². The summed E-state index contributed by atoms with van der Waals surface area (Å²) in [4.78, 5) is 12.8. The van der Waals surface area contributed by atoms with Gasteiger partial charge in [-0.25, -0.2) is 0 Å². The standard InChI is InChI=1S/C12H17NOS/c1-8-3-4-10(7-8)13-12(14)11-9(2)5-6-15-11/h5-6,8,10H,3-4,7H2,1-2H3,(H,13,14). The third-order valence-electron chi connectivity index (χ3n) is 3.10. The molecule has 0 bridgehead atoms. The molecule has 15 heavy (non-hydrogen) atoms. The van der Waals surface area contributed by atoms with Crippen LogP contribution in [0.2, 0.25) is 0 Å². The molecule has 0 aromatic carbocycles. The predicted molar refractivity (Wildman–Crippen MR) is 63.3 cm³/mol. The Morgan fingerprint density at radius 3 is 2.87 bits per heavy atom. The van der Waals surface area contributed by atoms with Crippen molar-refractivity contribution in [2.24, 2.45) is 5.92 Å². The highest BCUT2D eigenvalue weighted by Crippen LogP contribution is 2.25. The zero-order chi connectivity index (χ0) is 10.8. The molecule has 2 unspecified atom stereocenters. The largest absolute Gasteiger partial charge is 0.349 e. The van der Waals surface area contributed by atoms with E-state index >= 15 is 0 Å². The van der Waals surface area contributed by atoms with Crippen LogP contribution >= 0.6 is 11.3 Å². The number of hydrogen-bond donors (Lipinski definition) is 1. The van der Waals surface area contributed by atoms with Crippen molar-refractivity contribution >= 4 is 17.2 Å². The average molecular weight is 223 g/mol. The first kappa shape index (κ1) is 10.7. The molecular weight excluding hydrogens is 206 g/mol. The minimum Gasteiger partial charge on any atom is -0.349 e. The molecule has 82 valence electrons. The van der Waals surface area contributed by atoms with Crippen molar-refractivity contribution in [3.05, 3.63) is 21.9 Å². The number of carbonyl (C=O) groups is 1. The molecule has 0 aliphatic heterocycles. The molecule has 1 N–H and O–H groups in total. The SMILES string of the molecule is Cc1ccsc1C(=O)NC1CCC(C)C1. The first-order valence-corrected chi connectivity index (χ1v) is 6.39. The van der Waals surface area contributed by atoms with Gasteiger partial charge in [-0.05, 0) is 49.1 Å². The third kappa shape index (κ3) is 2.40. The molecule has 1 saturated carbocycles. The molecule has 1 aromatic heterocycles. The summed E-state index contributed by atoms with van der Waals surface area (Å²) in [6.45, 7) is 4.24. The van der Waals surface area contributed by atoms with Gasteiger partial charge < -0.3 is 5.32 Å². The lowest BCUT2D eigenvalue weighted by atomic mass is 10.1. The van der Waals surface area contributed by atoms with Crippen molar-refractivity contribution in [2.45, 2.75) is 39.2 Å². The molecule has 1 aromatic rings. The fourth-order valence-corrected chi connectivity index (χ4v) is 3.02. The Labute approximate surface area is 94.7 Å². The van der Waals surface area contributed by atoms with Crippen molar-refractivity contribution in [3.8, 4) is 0 Å². The maximum absolute atomic E-state index is 11.9. The van der Waals surface area contributed by atoms with Crippen LogP contribution in [0, 0.1) is 12.8 Å². The highest BCUT2D eigenvalue weighted by Gasteiger charge is 2.23. The van der Waals surface area contributed by atoms with E-state index in [1.54, 1.807) is 0 Å². The van der Waals surface area contributed by atoms with E-state index in [2.05, 4.69) is 12.2 Å². The molecule has 1 heterocycles. The molecule has 1 amide bonds. The zero-order valence-electron chi connectivity index (χ0n) is 9.25. The minimum absolute atomic E-state index is 0.113. The van der Waals surface area contributed by atoms with Crippen LogP contribution in [0.1, 0.15) is 41.4 Å². The van der Waals surface area contributed by atoms with Gasteiger partial charge in [-0.2, -0.15) is 0 Å². The lowest BCUT2D eigenvalue weighted by Gasteiger charge is -2.11. The van der Waals surface area contributed by atoms with E-state index in [1.165, 1.54) is 17.8 Å². The smallest absolute Gasteiger partial charge is 0.261 e. The van der Waals surface area contributed by atoms with Crippen LogP contribution < -0.4 is 5.32 Å². The van der Waals surface area contributed by atoms with Gasteiger partial charge in [0.05, 0.1) is 4.88 Å². The summed E-state index contributed by atoms with van der Waals surface area (Å²) in [7, 11) is 0. The monoisotopic (exact) mass is 223 g/mol. The van der Waals surface area contributed by atoms with E-state index in [4.69, 9.17) is 0 Å². The van der Waals surface area contributed by atoms with E-state index in [9.17, 15) is 4.79 Å². The fourth-order valence-electron chi connectivity index (χ4n) is 2.19. The van der Waals surface area contributed by atoms with Crippen LogP contribution in [-0.2, 0) is 0 Å². The first-order valence-electron chi connectivity index (χ1n) is 5.51. The Morgan fingerprint density at radius 2 is 2.33 bits per heavy atom. The molecule has 2 atom stereocenters. The van der Waals surface area contributed by atoms with Crippen molar-refractivity contribution in [1.82, 2.24) is 5.32 Å². The Hall–Kier alpha value is -0.830. The summed E-state index contributed by atoms with van der Waals surface area (Å²) in [6.07, 6.45) is 3.52. The molecule has 3 heteroatoms. The number of nitrogens with one attached hydrogen (secondary N) is 1. The maximum atomic E-state index is 11.9. The van der Waals surface area contributed by atoms with E-state index in [-0.39, 0.29) is 5.91 Å². The van der Waals surface area contributed by atoms with Crippen molar-refractivity contribution in [1.29, 1.82) is 0 Å². The lowest BCUT2D eigenvalue weighted by molar-refractivity contribution is 0.0941. The summed E-state index contributed by atoms with van der Waals surface area (Å²) in [5.41, 5.74) is 1.09. The highest BCUT2D eigenvalue weighted by molar-refractivity contribution is 7.12. The molecule has 2 rings (SSSR count). The van der Waals surface area contributed by atoms with Gasteiger partial charge in [-0.15, -0.1) is 11.3 Å². The van der Waals surface area contributed by atoms with Crippen LogP contribution in [-0.4, -0.2) is 11.9 Å². The quantitative estimate of drug-likeness (QED) is 0.820. The molecular formula is C12H17NOS. The van der Waals surface area contributed by atoms with Crippen molar-refractivity contribution < 1.29 is 4.79 Å². The number of hydrogen-bond acceptors (Lipinski definition) is 2. The Kier molecular flexibility index (Phi) is 3.10. The molecule has 0 spiro atoms. The summed E-state index contributed by atoms with van der Waals surface area (Å²) >= 11 is 1.53. The van der Waals surface area contributed by atoms with Gasteiger partial charge in [0.25, 0.3) is 5.91 Å². The molecule has 1 fully saturated rings. The van der Waals surface area contributed by atoms with Crippen LogP contribution in [0.4, 0.5) is 0 Å². The number of carbonyl (C=O) groups excluding carboxylic acids is 1. The van der Waals surface area contributed by atoms with E-state index in [0.29, 0.717) is 6.04 Å². The Balaban J connectivity index is 1.96. The molecule has 1 aliphatic carbocycles. The Bertz CT molecular complexity index is 358. The fraction of sp³-hybridized carbons (Fsp3) is 0.583. The zero-order valence-corrected chi connectivity index (χ0v) is 10.1. The van der Waals surface area contributed by atoms with E-state index < -0.39 is 0 Å². The number of rotatable bonds is 2. The summed E-state index contributed by atoms with van der Waals surface area (Å²) < 4.78 is 0. The van der Waals surface area contributed by atoms with Gasteiger partial charge >= 0.3 is 0 Å². The van der Waals surface area contributed by atoms with Crippen LogP contribution in [0.5, 0.6) is 0 Å². The van der Waals surface area contributed by atoms with E-state index in [1.807, 2.05) is 18.4 Å². The third-order valence-corrected chi connectivity index (χ3v) is 4.11. The second-order valence-electron chi connectivity index (χ2n) is 4.52. The van der Waals surface area contributed by atoms with Crippen molar-refractivity contribution in [3.63, 3.8) is 0 Å². The van der Waals surface area contributed by atoms with Gasteiger partial charge in [0.15, 0.2) is 0 Å². The normalized spacial score (nSPS) is 25.5. The second-order valence-corrected chi connectivity index (χ2v) is 5.44. The maximum Gasteiger partial charge on any atom is 0.261 e. The van der Waals surface area contributed by atoms with Gasteiger partial charge in [-0.3, -0.25) is 4.79 Å². The summed E-state index contributed by atoms with van der Waals surface area (Å²) in [6, 6.07) is 2.39. The minimum atomic E-state index is 0.113. The van der Waals surface area contributed by atoms with Crippen molar-refractivity contribution in [2.75, 3.05) is 0 Å². The van der Waals surface area contributed by atoms with Gasteiger partial charge in [0, 0.05) is 6.04 Å². The topological polar surface area (TPSA) is 29.1 Å². The number of amides is 1. The average Bonchev–Trinajstić information content (AvgIpc) is 2.75. The number of thiophene rings is 1. The molecule has 0 saturated heterocycles. The molecule has 1 aliphatic rings. The number of aryl methyl sites for hydroxylation is 1. The van der Waals surface area contributed by atoms with Crippen LogP contribution in [0.25, 0.3) is 0 Å². The second kappa shape index (κ2) is 4.35. The van der Waals surface area contributed by atoms with E-state index in [0.717, 1.165) is 29.2 Å². The summed E-state index contributed by atoms with van der Waals surface area (Å²) in [5.74, 6) is 0.876. The molecule has 0 radical (unpaired) electrons. The first-order chi connectivity index (χ1) is 7.16. The lowest BCUT2D eigenvalue weighted by Crippen LogP contribution is -2.32. The summed E-state index contributed by atoms with van der Waals surface area (Å²) in [5, 5.41) is 5.10. The van der Waals surface area contributed by atoms with Crippen LogP contribution in [0.3, 0.4) is 0 Å². The van der Waals surface area contributed by atoms with Gasteiger partial charge in [-0.1, -0.05) is 6.92 Å². The highest BCUT2D eigenvalue weighted by atomic mass is 32.1. The van der Waals surface area contributed by atoms with Gasteiger partial charge in [0.1, 0.15) is 0 Å². The van der Waals surface area contributed by atoms with Gasteiger partial charge in [0.2, 0.25) is 0 Å². The predicted octanol–water partition coefficient (Wildman–Crippen LogP) is 2.97.